The van der Waals surface area contributed by atoms with E-state index in [1.165, 1.54) is 4.88 Å². The lowest BCUT2D eigenvalue weighted by Crippen LogP contribution is -2.26. The van der Waals surface area contributed by atoms with Gasteiger partial charge in [-0.25, -0.2) is 0 Å². The second kappa shape index (κ2) is 6.83. The number of nitrogens with one attached hydrogen (secondary N) is 1. The predicted octanol–water partition coefficient (Wildman–Crippen LogP) is 3.68. The maximum atomic E-state index is 12.0. The van der Waals surface area contributed by atoms with E-state index < -0.39 is 0 Å². The van der Waals surface area contributed by atoms with Crippen molar-refractivity contribution >= 4 is 17.2 Å². The predicted molar refractivity (Wildman–Crippen MR) is 86.4 cm³/mol. The maximum absolute atomic E-state index is 12.0. The quantitative estimate of drug-likeness (QED) is 0.884. The van der Waals surface area contributed by atoms with Gasteiger partial charge in [0.25, 0.3) is 0 Å². The molecule has 0 spiro atoms. The van der Waals surface area contributed by atoms with Crippen molar-refractivity contribution in [2.75, 3.05) is 6.79 Å². The molecule has 1 N–H and O–H groups in total. The fourth-order valence-electron chi connectivity index (χ4n) is 2.46. The molecule has 1 aromatic heterocycles. The van der Waals surface area contributed by atoms with E-state index in [0.29, 0.717) is 6.42 Å². The van der Waals surface area contributed by atoms with Crippen molar-refractivity contribution in [3.05, 3.63) is 46.2 Å². The topological polar surface area (TPSA) is 47.6 Å². The lowest BCUT2D eigenvalue weighted by atomic mass is 10.1. The van der Waals surface area contributed by atoms with Gasteiger partial charge in [0.2, 0.25) is 12.7 Å². The molecular weight excluding hydrogens is 298 g/mol. The van der Waals surface area contributed by atoms with Gasteiger partial charge in [0, 0.05) is 11.3 Å². The van der Waals surface area contributed by atoms with Crippen molar-refractivity contribution in [2.24, 2.45) is 0 Å². The maximum Gasteiger partial charge on any atom is 0.231 e. The number of fused-ring (bicyclic) bond motifs is 1. The van der Waals surface area contributed by atoms with Crippen molar-refractivity contribution in [3.63, 3.8) is 0 Å². The number of hydrogen-bond acceptors (Lipinski definition) is 4. The third-order valence-electron chi connectivity index (χ3n) is 3.68. The zero-order valence-electron chi connectivity index (χ0n) is 12.5. The smallest absolute Gasteiger partial charge is 0.231 e. The zero-order chi connectivity index (χ0) is 15.4. The number of rotatable bonds is 6. The van der Waals surface area contributed by atoms with Crippen molar-refractivity contribution in [1.29, 1.82) is 0 Å². The average Bonchev–Trinajstić information content (AvgIpc) is 3.17. The van der Waals surface area contributed by atoms with Crippen LogP contribution in [0.5, 0.6) is 11.5 Å². The minimum Gasteiger partial charge on any atom is -0.454 e. The third kappa shape index (κ3) is 3.60. The minimum absolute atomic E-state index is 0.0382. The molecule has 1 atom stereocenters. The van der Waals surface area contributed by atoms with Gasteiger partial charge in [-0.05, 0) is 48.9 Å². The second-order valence-corrected chi connectivity index (χ2v) is 6.37. The summed E-state index contributed by atoms with van der Waals surface area (Å²) >= 11 is 1.74. The van der Waals surface area contributed by atoms with Gasteiger partial charge in [0.15, 0.2) is 11.5 Å². The molecule has 1 aromatic carbocycles. The molecule has 0 saturated carbocycles. The van der Waals surface area contributed by atoms with E-state index in [4.69, 9.17) is 9.47 Å². The van der Waals surface area contributed by atoms with Crippen molar-refractivity contribution in [2.45, 2.75) is 32.2 Å². The van der Waals surface area contributed by atoms with Crippen LogP contribution in [0, 0.1) is 0 Å². The number of benzene rings is 1. The summed E-state index contributed by atoms with van der Waals surface area (Å²) in [5.41, 5.74) is 1.02. The van der Waals surface area contributed by atoms with E-state index in [-0.39, 0.29) is 18.7 Å². The van der Waals surface area contributed by atoms with Crippen LogP contribution in [0.4, 0.5) is 0 Å². The van der Waals surface area contributed by atoms with E-state index in [1.54, 1.807) is 11.3 Å². The molecule has 3 rings (SSSR count). The number of carbonyl (C=O) groups excluding carboxylic acids is 1. The van der Waals surface area contributed by atoms with E-state index in [9.17, 15) is 4.79 Å². The molecule has 5 heteroatoms. The molecule has 0 fully saturated rings. The van der Waals surface area contributed by atoms with E-state index >= 15 is 0 Å². The van der Waals surface area contributed by atoms with Gasteiger partial charge in [-0.1, -0.05) is 12.1 Å². The van der Waals surface area contributed by atoms with Gasteiger partial charge in [-0.15, -0.1) is 11.3 Å². The largest absolute Gasteiger partial charge is 0.454 e. The highest BCUT2D eigenvalue weighted by Gasteiger charge is 2.16. The molecule has 1 unspecified atom stereocenters. The molecule has 1 aliphatic rings. The summed E-state index contributed by atoms with van der Waals surface area (Å²) in [6.07, 6.45) is 2.39. The number of aryl methyl sites for hydroxylation is 1. The second-order valence-electron chi connectivity index (χ2n) is 5.33. The highest BCUT2D eigenvalue weighted by atomic mass is 32.1. The number of amides is 1. The first-order chi connectivity index (χ1) is 10.7. The van der Waals surface area contributed by atoms with Crippen LogP contribution in [-0.2, 0) is 11.2 Å². The summed E-state index contributed by atoms with van der Waals surface area (Å²) < 4.78 is 10.7. The number of hydrogen-bond donors (Lipinski definition) is 1. The van der Waals surface area contributed by atoms with Gasteiger partial charge in [0.05, 0.1) is 6.04 Å². The van der Waals surface area contributed by atoms with Crippen LogP contribution in [0.15, 0.2) is 35.7 Å². The van der Waals surface area contributed by atoms with Gasteiger partial charge >= 0.3 is 0 Å². The monoisotopic (exact) mass is 317 g/mol. The van der Waals surface area contributed by atoms with Gasteiger partial charge in [-0.3, -0.25) is 4.79 Å². The molecule has 22 heavy (non-hydrogen) atoms. The molecule has 1 amide bonds. The lowest BCUT2D eigenvalue weighted by Gasteiger charge is -2.14. The molecule has 1 aliphatic heterocycles. The lowest BCUT2D eigenvalue weighted by molar-refractivity contribution is -0.121. The molecule has 0 aliphatic carbocycles. The Balaban J connectivity index is 1.48. The normalized spacial score (nSPS) is 13.9. The average molecular weight is 317 g/mol. The summed E-state index contributed by atoms with van der Waals surface area (Å²) in [7, 11) is 0. The van der Waals surface area contributed by atoms with Crippen LogP contribution in [0.25, 0.3) is 0 Å². The fourth-order valence-corrected chi connectivity index (χ4v) is 3.21. The molecular formula is C17H19NO3S. The Morgan fingerprint density at radius 3 is 3.00 bits per heavy atom. The first-order valence-corrected chi connectivity index (χ1v) is 8.31. The van der Waals surface area contributed by atoms with E-state index in [0.717, 1.165) is 29.9 Å². The molecule has 0 saturated heterocycles. The van der Waals surface area contributed by atoms with Gasteiger partial charge in [0.1, 0.15) is 0 Å². The Morgan fingerprint density at radius 1 is 1.32 bits per heavy atom. The van der Waals surface area contributed by atoms with E-state index in [1.807, 2.05) is 31.2 Å². The van der Waals surface area contributed by atoms with Crippen LogP contribution in [0.1, 0.15) is 36.2 Å². The van der Waals surface area contributed by atoms with Gasteiger partial charge in [-0.2, -0.15) is 0 Å². The minimum atomic E-state index is -0.0382. The summed E-state index contributed by atoms with van der Waals surface area (Å²) in [6.45, 7) is 2.25. The summed E-state index contributed by atoms with van der Waals surface area (Å²) in [5, 5.41) is 5.10. The molecule has 0 radical (unpaired) electrons. The standard InChI is InChI=1S/C17H19NO3S/c1-12(13-7-8-15-16(10-13)21-11-20-15)18-17(19)6-2-4-14-5-3-9-22-14/h3,5,7-10,12H,2,4,6,11H2,1H3,(H,18,19). The Labute approximate surface area is 134 Å². The van der Waals surface area contributed by atoms with Crippen LogP contribution >= 0.6 is 11.3 Å². The SMILES string of the molecule is CC(NC(=O)CCCc1cccs1)c1ccc2c(c1)OCO2. The first kappa shape index (κ1) is 14.9. The molecule has 0 bridgehead atoms. The number of carbonyl (C=O) groups is 1. The molecule has 4 nitrogen and oxygen atoms in total. The Kier molecular flexibility index (Phi) is 4.63. The Bertz CT molecular complexity index is 639. The molecule has 2 heterocycles. The van der Waals surface area contributed by atoms with Crippen LogP contribution < -0.4 is 14.8 Å². The number of ether oxygens (including phenoxy) is 2. The first-order valence-electron chi connectivity index (χ1n) is 7.43. The van der Waals surface area contributed by atoms with Crippen LogP contribution in [0.3, 0.4) is 0 Å². The summed E-state index contributed by atoms with van der Waals surface area (Å²) in [6, 6.07) is 9.89. The van der Waals surface area contributed by atoms with Gasteiger partial charge < -0.3 is 14.8 Å². The van der Waals surface area contributed by atoms with E-state index in [2.05, 4.69) is 16.8 Å². The number of thiophene rings is 1. The van der Waals surface area contributed by atoms with Crippen molar-refractivity contribution < 1.29 is 14.3 Å². The van der Waals surface area contributed by atoms with Crippen molar-refractivity contribution in [1.82, 2.24) is 5.32 Å². The Morgan fingerprint density at radius 2 is 2.18 bits per heavy atom. The molecule has 116 valence electrons. The Hall–Kier alpha value is -2.01. The van der Waals surface area contributed by atoms with Crippen molar-refractivity contribution in [3.8, 4) is 11.5 Å². The van der Waals surface area contributed by atoms with Crippen LogP contribution in [0.2, 0.25) is 0 Å². The zero-order valence-corrected chi connectivity index (χ0v) is 13.3. The highest BCUT2D eigenvalue weighted by molar-refractivity contribution is 7.09. The summed E-state index contributed by atoms with van der Waals surface area (Å²) in [4.78, 5) is 13.4. The fraction of sp³-hybridized carbons (Fsp3) is 0.353. The molecule has 2 aromatic rings. The highest BCUT2D eigenvalue weighted by Crippen LogP contribution is 2.34. The summed E-state index contributed by atoms with van der Waals surface area (Å²) in [5.74, 6) is 1.59. The van der Waals surface area contributed by atoms with Crippen LogP contribution in [-0.4, -0.2) is 12.7 Å². The third-order valence-corrected chi connectivity index (χ3v) is 4.62.